The summed E-state index contributed by atoms with van der Waals surface area (Å²) in [4.78, 5) is 38.1. The van der Waals surface area contributed by atoms with E-state index in [9.17, 15) is 85.9 Å². The lowest BCUT2D eigenvalue weighted by Gasteiger charge is -2.46. The summed E-state index contributed by atoms with van der Waals surface area (Å²) in [7, 11) is 1.33. The smallest absolute Gasteiger partial charge is 0.248 e. The monoisotopic (exact) mass is 953 g/mol. The van der Waals surface area contributed by atoms with Crippen LogP contribution in [0.5, 0.6) is 0 Å². The Labute approximate surface area is 370 Å². The standard InChI is InChI=1S/C35H63N5O25/c1-37-18(45)7-39(6-17(36)44)8-19(46)38-40(2-4-58-32-27(54)24(51)20(47)13(9-41)61-32)3-5-59-34-30(57)31(65-35-29(56)26(53)22(49)15(11-43)63-35)23(50)16(64-34)12-60-33-28(55)25(52)21(48)14(10-42)62-33/h13-16,20-35,41-43,47-57H,2-12H2,1H3,(H2,36,44)(H,37,45)(H,38,46)/t13-,14-,15?,16-,20-,21-,22-,23-,24+,25+,26+,27+,28+,29+,30+,31+,32+,33+,34+,35-/m1/s1. The molecule has 1 unspecified atom stereocenters. The molecule has 4 heterocycles. The van der Waals surface area contributed by atoms with Crippen LogP contribution in [0.1, 0.15) is 0 Å². The molecule has 4 aliphatic rings. The molecule has 4 saturated heterocycles. The molecule has 4 rings (SSSR count). The van der Waals surface area contributed by atoms with Gasteiger partial charge in [-0.3, -0.25) is 24.7 Å². The van der Waals surface area contributed by atoms with Gasteiger partial charge in [0.2, 0.25) is 17.7 Å². The van der Waals surface area contributed by atoms with E-state index >= 15 is 0 Å². The summed E-state index contributed by atoms with van der Waals surface area (Å²) in [5, 5.41) is 148. The van der Waals surface area contributed by atoms with Crippen molar-refractivity contribution in [2.45, 2.75) is 123 Å². The third kappa shape index (κ3) is 14.5. The predicted molar refractivity (Wildman–Crippen MR) is 204 cm³/mol. The summed E-state index contributed by atoms with van der Waals surface area (Å²) >= 11 is 0. The average Bonchev–Trinajstić information content (AvgIpc) is 3.27. The van der Waals surface area contributed by atoms with E-state index in [1.807, 2.05) is 0 Å². The van der Waals surface area contributed by atoms with E-state index in [4.69, 9.17) is 43.6 Å². The summed E-state index contributed by atoms with van der Waals surface area (Å²) in [5.41, 5.74) is 7.80. The topological polar surface area (TPSA) is 465 Å². The van der Waals surface area contributed by atoms with E-state index in [2.05, 4.69) is 10.7 Å². The number of aliphatic hydroxyl groups is 14. The number of hydrogen-bond acceptors (Lipinski definition) is 27. The number of carbonyl (C=O) groups excluding carboxylic acids is 3. The van der Waals surface area contributed by atoms with Crippen LogP contribution in [0.15, 0.2) is 0 Å². The molecule has 0 aromatic heterocycles. The van der Waals surface area contributed by atoms with E-state index in [1.165, 1.54) is 12.1 Å². The first-order valence-corrected chi connectivity index (χ1v) is 20.5. The number of primary amides is 1. The van der Waals surface area contributed by atoms with Gasteiger partial charge in [0.05, 0.1) is 59.3 Å². The molecule has 0 saturated carbocycles. The van der Waals surface area contributed by atoms with E-state index in [0.29, 0.717) is 0 Å². The number of nitrogens with two attached hydrogens (primary N) is 1. The SMILES string of the molecule is CNC(=O)CN(CC(N)=O)CC(=O)NN(CCO[C@H]1O[C@H](CO)[C@@H](O)[C@H](O)[C@@H]1O)CCO[C@H]1O[C@H](CO[C@H]2O[C@H](CO)[C@@H](O)[C@H](O)[C@@H]2O)[C@@H](O)[C@H](O[C@H]2OC(CO)[C@@H](O)[C@H](O)[C@@H]2O)[C@@H]1O. The van der Waals surface area contributed by atoms with Crippen LogP contribution in [0.2, 0.25) is 0 Å². The molecule has 0 aromatic carbocycles. The van der Waals surface area contributed by atoms with Crippen LogP contribution in [0.3, 0.4) is 0 Å². The number of rotatable bonds is 23. The molecule has 30 heteroatoms. The zero-order valence-electron chi connectivity index (χ0n) is 35.0. The molecule has 3 amide bonds. The highest BCUT2D eigenvalue weighted by Crippen LogP contribution is 2.31. The Morgan fingerprint density at radius 3 is 1.40 bits per heavy atom. The van der Waals surface area contributed by atoms with Gasteiger partial charge in [0.25, 0.3) is 0 Å². The molecule has 0 bridgehead atoms. The van der Waals surface area contributed by atoms with Crippen molar-refractivity contribution in [2.24, 2.45) is 5.73 Å². The number of hydrogen-bond donors (Lipinski definition) is 17. The third-order valence-corrected chi connectivity index (χ3v) is 10.9. The normalized spacial score (nSPS) is 40.2. The van der Waals surface area contributed by atoms with Crippen molar-refractivity contribution in [3.05, 3.63) is 0 Å². The summed E-state index contributed by atoms with van der Waals surface area (Å²) in [6.45, 7) is -6.11. The van der Waals surface area contributed by atoms with Crippen LogP contribution >= 0.6 is 0 Å². The summed E-state index contributed by atoms with van der Waals surface area (Å²) in [6.07, 6.45) is -35.0. The highest BCUT2D eigenvalue weighted by molar-refractivity contribution is 5.83. The Balaban J connectivity index is 1.52. The highest BCUT2D eigenvalue weighted by atomic mass is 16.8. The predicted octanol–water partition coefficient (Wildman–Crippen LogP) is -12.9. The average molecular weight is 954 g/mol. The van der Waals surface area contributed by atoms with Crippen LogP contribution in [-0.4, -0.2) is 301 Å². The molecule has 378 valence electrons. The quantitative estimate of drug-likeness (QED) is 0.0423. The largest absolute Gasteiger partial charge is 0.394 e. The van der Waals surface area contributed by atoms with E-state index < -0.39 is 200 Å². The van der Waals surface area contributed by atoms with Gasteiger partial charge in [-0.15, -0.1) is 0 Å². The fourth-order valence-corrected chi connectivity index (χ4v) is 7.14. The molecule has 20 atom stereocenters. The van der Waals surface area contributed by atoms with Gasteiger partial charge >= 0.3 is 0 Å². The van der Waals surface area contributed by atoms with Crippen molar-refractivity contribution < 1.29 is 124 Å². The van der Waals surface area contributed by atoms with Crippen molar-refractivity contribution in [3.8, 4) is 0 Å². The van der Waals surface area contributed by atoms with Gasteiger partial charge in [-0.2, -0.15) is 0 Å². The Kier molecular flexibility index (Phi) is 21.8. The first kappa shape index (κ1) is 55.0. The fourth-order valence-electron chi connectivity index (χ4n) is 7.14. The first-order valence-electron chi connectivity index (χ1n) is 20.5. The number of carbonyl (C=O) groups is 3. The van der Waals surface area contributed by atoms with Gasteiger partial charge in [-0.25, -0.2) is 5.01 Å². The Morgan fingerprint density at radius 1 is 0.523 bits per heavy atom. The van der Waals surface area contributed by atoms with Crippen molar-refractivity contribution in [2.75, 3.05) is 79.4 Å². The van der Waals surface area contributed by atoms with E-state index in [0.717, 1.165) is 4.90 Å². The minimum atomic E-state index is -2.00. The number of nitrogens with zero attached hydrogens (tertiary/aromatic N) is 2. The molecule has 18 N–H and O–H groups in total. The van der Waals surface area contributed by atoms with Crippen molar-refractivity contribution in [1.29, 1.82) is 0 Å². The molecular formula is C35H63N5O25. The van der Waals surface area contributed by atoms with Crippen LogP contribution < -0.4 is 16.5 Å². The van der Waals surface area contributed by atoms with Crippen LogP contribution in [0.25, 0.3) is 0 Å². The molecule has 0 spiro atoms. The maximum Gasteiger partial charge on any atom is 0.248 e. The van der Waals surface area contributed by atoms with Gasteiger partial charge in [0, 0.05) is 20.1 Å². The van der Waals surface area contributed by atoms with Gasteiger partial charge in [0.15, 0.2) is 25.2 Å². The first-order chi connectivity index (χ1) is 30.8. The number of ether oxygens (including phenoxy) is 8. The maximum atomic E-state index is 13.3. The van der Waals surface area contributed by atoms with Gasteiger partial charge in [-0.05, 0) is 0 Å². The molecular weight excluding hydrogens is 890 g/mol. The highest BCUT2D eigenvalue weighted by Gasteiger charge is 2.52. The zero-order valence-corrected chi connectivity index (χ0v) is 35.0. The van der Waals surface area contributed by atoms with E-state index in [1.54, 1.807) is 0 Å². The molecule has 4 fully saturated rings. The molecule has 30 nitrogen and oxygen atoms in total. The lowest BCUT2D eigenvalue weighted by molar-refractivity contribution is -0.366. The number of aliphatic hydroxyl groups excluding tert-OH is 14. The summed E-state index contributed by atoms with van der Waals surface area (Å²) in [5.74, 6) is -2.22. The van der Waals surface area contributed by atoms with Crippen molar-refractivity contribution in [1.82, 2.24) is 20.7 Å². The Bertz CT molecular complexity index is 1480. The maximum absolute atomic E-state index is 13.3. The van der Waals surface area contributed by atoms with Crippen molar-refractivity contribution >= 4 is 17.7 Å². The fraction of sp³-hybridized carbons (Fsp3) is 0.914. The molecule has 0 radical (unpaired) electrons. The van der Waals surface area contributed by atoms with Gasteiger partial charge < -0.3 is 120 Å². The number of nitrogens with one attached hydrogen (secondary N) is 2. The van der Waals surface area contributed by atoms with Gasteiger partial charge in [0.1, 0.15) is 97.7 Å². The second kappa shape index (κ2) is 25.7. The van der Waals surface area contributed by atoms with Crippen molar-refractivity contribution in [3.63, 3.8) is 0 Å². The summed E-state index contributed by atoms with van der Waals surface area (Å²) in [6, 6.07) is 0. The van der Waals surface area contributed by atoms with Gasteiger partial charge in [-0.1, -0.05) is 0 Å². The molecule has 0 aliphatic carbocycles. The second-order valence-corrected chi connectivity index (χ2v) is 15.6. The molecule has 65 heavy (non-hydrogen) atoms. The Morgan fingerprint density at radius 2 is 0.938 bits per heavy atom. The minimum absolute atomic E-state index is 0.277. The second-order valence-electron chi connectivity index (χ2n) is 15.6. The minimum Gasteiger partial charge on any atom is -0.394 e. The van der Waals surface area contributed by atoms with Crippen LogP contribution in [0.4, 0.5) is 0 Å². The molecule has 0 aromatic rings. The zero-order chi connectivity index (χ0) is 48.3. The third-order valence-electron chi connectivity index (χ3n) is 10.9. The number of hydrazine groups is 1. The lowest BCUT2D eigenvalue weighted by Crippen LogP contribution is -2.65. The van der Waals surface area contributed by atoms with Crippen LogP contribution in [0, 0.1) is 0 Å². The van der Waals surface area contributed by atoms with Crippen LogP contribution in [-0.2, 0) is 52.3 Å². The lowest BCUT2D eigenvalue weighted by atomic mass is 9.96. The molecule has 4 aliphatic heterocycles. The number of likely N-dealkylation sites (N-methyl/N-ethyl adjacent to an activating group) is 1. The number of amides is 3. The summed E-state index contributed by atoms with van der Waals surface area (Å²) < 4.78 is 44.5. The Hall–Kier alpha value is -2.55. The van der Waals surface area contributed by atoms with E-state index in [-0.39, 0.29) is 13.1 Å².